The number of aromatic amines is 1. The Labute approximate surface area is 181 Å². The number of hydroxylamine groups is 1. The highest BCUT2D eigenvalue weighted by Crippen LogP contribution is 2.38. The molecule has 0 bridgehead atoms. The summed E-state index contributed by atoms with van der Waals surface area (Å²) in [5.74, 6) is -0.593. The number of carbonyl (C=O) groups excluding carboxylic acids is 1. The third kappa shape index (κ3) is 4.49. The zero-order valence-corrected chi connectivity index (χ0v) is 17.3. The maximum absolute atomic E-state index is 11.3. The van der Waals surface area contributed by atoms with Gasteiger partial charge < -0.3 is 15.8 Å². The smallest absolute Gasteiger partial charge is 0.267 e. The second-order valence-corrected chi connectivity index (χ2v) is 7.91. The molecule has 1 aromatic heterocycles. The number of nitrogens with zero attached hydrogens (tertiary/aromatic N) is 1. The van der Waals surface area contributed by atoms with Gasteiger partial charge in [-0.2, -0.15) is 0 Å². The van der Waals surface area contributed by atoms with Crippen LogP contribution in [0.3, 0.4) is 0 Å². The number of fused-ring (bicyclic) bond motifs is 2. The number of nitrogen functional groups attached to an aromatic ring is 1. The maximum atomic E-state index is 11.3. The van der Waals surface area contributed by atoms with Gasteiger partial charge in [-0.05, 0) is 65.8 Å². The van der Waals surface area contributed by atoms with Gasteiger partial charge in [0.15, 0.2) is 0 Å². The van der Waals surface area contributed by atoms with E-state index in [9.17, 15) is 9.90 Å². The number of carbonyl (C=O) groups is 1. The lowest BCUT2D eigenvalue weighted by Gasteiger charge is -2.29. The number of amides is 1. The van der Waals surface area contributed by atoms with Crippen molar-refractivity contribution < 1.29 is 15.1 Å². The van der Waals surface area contributed by atoms with Crippen LogP contribution in [-0.2, 0) is 17.6 Å². The Morgan fingerprint density at radius 1 is 1.29 bits per heavy atom. The van der Waals surface area contributed by atoms with E-state index in [1.165, 1.54) is 28.2 Å². The van der Waals surface area contributed by atoms with E-state index in [1.807, 2.05) is 18.2 Å². The number of aliphatic hydroxyl groups excluding tert-OH is 1. The molecule has 4 rings (SSSR count). The van der Waals surface area contributed by atoms with E-state index in [4.69, 9.17) is 10.9 Å². The molecule has 0 saturated heterocycles. The minimum atomic E-state index is -0.593. The quantitative estimate of drug-likeness (QED) is 0.166. The number of aryl methyl sites for hydroxylation is 1. The summed E-state index contributed by atoms with van der Waals surface area (Å²) in [6.45, 7) is 1.54. The number of nitrogens with one attached hydrogen (secondary N) is 2. The molecule has 1 amide bonds. The zero-order chi connectivity index (χ0) is 21.8. The van der Waals surface area contributed by atoms with Crippen molar-refractivity contribution in [2.24, 2.45) is 0 Å². The molecule has 0 aliphatic heterocycles. The molecule has 31 heavy (non-hydrogen) atoms. The van der Waals surface area contributed by atoms with Gasteiger partial charge in [-0.3, -0.25) is 14.9 Å². The third-order valence-corrected chi connectivity index (χ3v) is 6.09. The molecule has 1 heterocycles. The second kappa shape index (κ2) is 9.34. The number of H-pyrrole nitrogens is 1. The van der Waals surface area contributed by atoms with E-state index in [1.54, 1.807) is 11.6 Å². The van der Waals surface area contributed by atoms with Crippen molar-refractivity contribution in [2.45, 2.75) is 25.3 Å². The Balaban J connectivity index is 1.53. The lowest BCUT2D eigenvalue weighted by molar-refractivity contribution is -0.124. The molecule has 0 saturated carbocycles. The fraction of sp³-hybridized carbons (Fsp3) is 0.292. The summed E-state index contributed by atoms with van der Waals surface area (Å²) in [4.78, 5) is 16.9. The lowest BCUT2D eigenvalue weighted by Crippen LogP contribution is -2.32. The summed E-state index contributed by atoms with van der Waals surface area (Å²) in [5, 5.41) is 19.6. The highest BCUT2D eigenvalue weighted by Gasteiger charge is 2.28. The largest absolute Gasteiger partial charge is 0.398 e. The van der Waals surface area contributed by atoms with E-state index < -0.39 is 5.91 Å². The number of nitrogens with two attached hydrogens (primary N) is 1. The van der Waals surface area contributed by atoms with E-state index in [-0.39, 0.29) is 12.6 Å². The SMILES string of the molecule is Nc1cc2c(cc1C=CC(=O)NO)CCC2N(CCO)CCc1c[nH]c2ccccc12. The predicted octanol–water partition coefficient (Wildman–Crippen LogP) is 2.79. The molecular formula is C24H28N4O3. The van der Waals surface area contributed by atoms with Crippen LogP contribution < -0.4 is 11.2 Å². The molecule has 2 aromatic carbocycles. The number of rotatable bonds is 8. The van der Waals surface area contributed by atoms with Crippen LogP contribution in [0.25, 0.3) is 17.0 Å². The van der Waals surface area contributed by atoms with Gasteiger partial charge in [-0.1, -0.05) is 18.2 Å². The van der Waals surface area contributed by atoms with Crippen molar-refractivity contribution in [1.82, 2.24) is 15.4 Å². The fourth-order valence-corrected chi connectivity index (χ4v) is 4.55. The molecule has 1 aliphatic rings. The van der Waals surface area contributed by atoms with E-state index in [0.29, 0.717) is 12.2 Å². The highest BCUT2D eigenvalue weighted by molar-refractivity contribution is 5.91. The Bertz CT molecular complexity index is 1110. The van der Waals surface area contributed by atoms with Gasteiger partial charge in [-0.15, -0.1) is 0 Å². The lowest BCUT2D eigenvalue weighted by atomic mass is 10.0. The second-order valence-electron chi connectivity index (χ2n) is 7.91. The van der Waals surface area contributed by atoms with Crippen LogP contribution in [0.15, 0.2) is 48.7 Å². The molecule has 7 heteroatoms. The Hall–Kier alpha value is -3.13. The molecule has 162 valence electrons. The number of hydrogen-bond donors (Lipinski definition) is 5. The first-order valence-electron chi connectivity index (χ1n) is 10.5. The van der Waals surface area contributed by atoms with Crippen LogP contribution in [-0.4, -0.2) is 45.8 Å². The minimum absolute atomic E-state index is 0.103. The number of aliphatic hydroxyl groups is 1. The molecular weight excluding hydrogens is 392 g/mol. The monoisotopic (exact) mass is 420 g/mol. The number of para-hydroxylation sites is 1. The third-order valence-electron chi connectivity index (χ3n) is 6.09. The van der Waals surface area contributed by atoms with E-state index >= 15 is 0 Å². The standard InChI is InChI=1S/C24H28N4O3/c25-21-14-20-16(13-17(21)6-8-24(30)27-31)5-7-23(20)28(11-12-29)10-9-18-15-26-22-4-2-1-3-19(18)22/h1-4,6,8,13-15,23,26,29,31H,5,7,9-12,25H2,(H,27,30). The van der Waals surface area contributed by atoms with Gasteiger partial charge in [0.05, 0.1) is 6.61 Å². The first-order chi connectivity index (χ1) is 15.1. The number of anilines is 1. The van der Waals surface area contributed by atoms with Crippen molar-refractivity contribution in [3.05, 3.63) is 70.9 Å². The molecule has 1 unspecified atom stereocenters. The summed E-state index contributed by atoms with van der Waals surface area (Å²) in [6, 6.07) is 12.5. The Morgan fingerprint density at radius 2 is 2.13 bits per heavy atom. The van der Waals surface area contributed by atoms with Crippen molar-refractivity contribution >= 4 is 28.6 Å². The van der Waals surface area contributed by atoms with Gasteiger partial charge >= 0.3 is 0 Å². The average molecular weight is 421 g/mol. The van der Waals surface area contributed by atoms with Crippen molar-refractivity contribution in [3.8, 4) is 0 Å². The fourth-order valence-electron chi connectivity index (χ4n) is 4.55. The molecule has 1 atom stereocenters. The van der Waals surface area contributed by atoms with Crippen molar-refractivity contribution in [3.63, 3.8) is 0 Å². The molecule has 7 nitrogen and oxygen atoms in total. The van der Waals surface area contributed by atoms with Crippen LogP contribution in [0.1, 0.15) is 34.7 Å². The summed E-state index contributed by atoms with van der Waals surface area (Å²) in [6.07, 6.45) is 7.71. The molecule has 3 aromatic rings. The van der Waals surface area contributed by atoms with Crippen LogP contribution >= 0.6 is 0 Å². The van der Waals surface area contributed by atoms with Gasteiger partial charge in [0.1, 0.15) is 0 Å². The summed E-state index contributed by atoms with van der Waals surface area (Å²) < 4.78 is 0. The summed E-state index contributed by atoms with van der Waals surface area (Å²) in [5.41, 5.74) is 14.0. The summed E-state index contributed by atoms with van der Waals surface area (Å²) >= 11 is 0. The number of hydrogen-bond acceptors (Lipinski definition) is 5. The molecule has 0 spiro atoms. The Morgan fingerprint density at radius 3 is 2.94 bits per heavy atom. The van der Waals surface area contributed by atoms with Crippen LogP contribution in [0.5, 0.6) is 0 Å². The molecule has 6 N–H and O–H groups in total. The topological polar surface area (TPSA) is 115 Å². The van der Waals surface area contributed by atoms with Gasteiger partial charge in [0.25, 0.3) is 5.91 Å². The van der Waals surface area contributed by atoms with Crippen LogP contribution in [0, 0.1) is 0 Å². The minimum Gasteiger partial charge on any atom is -0.398 e. The predicted molar refractivity (Wildman–Crippen MR) is 122 cm³/mol. The summed E-state index contributed by atoms with van der Waals surface area (Å²) in [7, 11) is 0. The first kappa shape index (κ1) is 21.1. The van der Waals surface area contributed by atoms with Gasteiger partial charge in [0.2, 0.25) is 0 Å². The normalized spacial score (nSPS) is 15.8. The van der Waals surface area contributed by atoms with Crippen molar-refractivity contribution in [1.29, 1.82) is 0 Å². The Kier molecular flexibility index (Phi) is 6.36. The molecule has 1 aliphatic carbocycles. The van der Waals surface area contributed by atoms with Crippen molar-refractivity contribution in [2.75, 3.05) is 25.4 Å². The zero-order valence-electron chi connectivity index (χ0n) is 17.3. The number of aromatic nitrogens is 1. The first-order valence-corrected chi connectivity index (χ1v) is 10.5. The maximum Gasteiger partial charge on any atom is 0.267 e. The van der Waals surface area contributed by atoms with E-state index in [0.717, 1.165) is 36.9 Å². The molecule has 0 fully saturated rings. The van der Waals surface area contributed by atoms with Gasteiger partial charge in [-0.25, -0.2) is 5.48 Å². The average Bonchev–Trinajstić information content (AvgIpc) is 3.38. The number of benzene rings is 2. The van der Waals surface area contributed by atoms with Crippen LogP contribution in [0.2, 0.25) is 0 Å². The molecule has 0 radical (unpaired) electrons. The van der Waals surface area contributed by atoms with Gasteiger partial charge in [0, 0.05) is 48.0 Å². The van der Waals surface area contributed by atoms with E-state index in [2.05, 4.69) is 34.3 Å². The van der Waals surface area contributed by atoms with Crippen LogP contribution in [0.4, 0.5) is 5.69 Å². The highest BCUT2D eigenvalue weighted by atomic mass is 16.5.